The Bertz CT molecular complexity index is 361. The zero-order valence-corrected chi connectivity index (χ0v) is 8.73. The van der Waals surface area contributed by atoms with Crippen molar-refractivity contribution in [3.63, 3.8) is 0 Å². The van der Waals surface area contributed by atoms with Crippen LogP contribution in [0.15, 0.2) is 6.20 Å². The summed E-state index contributed by atoms with van der Waals surface area (Å²) in [5.41, 5.74) is 1.04. The average molecular weight is 209 g/mol. The van der Waals surface area contributed by atoms with Gasteiger partial charge in [0.15, 0.2) is 0 Å². The molecule has 1 fully saturated rings. The van der Waals surface area contributed by atoms with Gasteiger partial charge < -0.3 is 10.0 Å². The molecule has 0 bridgehead atoms. The second-order valence-electron chi connectivity index (χ2n) is 4.05. The van der Waals surface area contributed by atoms with Crippen molar-refractivity contribution in [3.8, 4) is 0 Å². The fourth-order valence-corrected chi connectivity index (χ4v) is 2.13. The van der Waals surface area contributed by atoms with Crippen LogP contribution in [0.2, 0.25) is 0 Å². The third-order valence-electron chi connectivity index (χ3n) is 3.06. The van der Waals surface area contributed by atoms with Gasteiger partial charge >= 0.3 is 5.97 Å². The second-order valence-corrected chi connectivity index (χ2v) is 4.05. The Morgan fingerprint density at radius 1 is 1.80 bits per heavy atom. The number of carbonyl (C=O) groups is 1. The van der Waals surface area contributed by atoms with Gasteiger partial charge in [0.1, 0.15) is 5.56 Å². The molecule has 82 valence electrons. The summed E-state index contributed by atoms with van der Waals surface area (Å²) < 4.78 is 0. The first-order valence-electron chi connectivity index (χ1n) is 5.14. The van der Waals surface area contributed by atoms with Gasteiger partial charge in [-0.15, -0.1) is 0 Å². The van der Waals surface area contributed by atoms with E-state index < -0.39 is 5.97 Å². The molecule has 1 aliphatic heterocycles. The van der Waals surface area contributed by atoms with Crippen LogP contribution in [0.5, 0.6) is 0 Å². The zero-order chi connectivity index (χ0) is 10.8. The number of aromatic nitrogens is 2. The van der Waals surface area contributed by atoms with Gasteiger partial charge in [-0.05, 0) is 26.4 Å². The van der Waals surface area contributed by atoms with Crippen LogP contribution in [0.1, 0.15) is 28.9 Å². The molecule has 1 aromatic heterocycles. The summed E-state index contributed by atoms with van der Waals surface area (Å²) in [6, 6.07) is 0.448. The maximum atomic E-state index is 10.9. The topological polar surface area (TPSA) is 69.2 Å². The van der Waals surface area contributed by atoms with Crippen molar-refractivity contribution in [2.75, 3.05) is 13.6 Å². The highest BCUT2D eigenvalue weighted by Crippen LogP contribution is 2.19. The quantitative estimate of drug-likeness (QED) is 0.770. The number of aromatic carboxylic acids is 1. The van der Waals surface area contributed by atoms with Crippen LogP contribution >= 0.6 is 0 Å². The lowest BCUT2D eigenvalue weighted by atomic mass is 10.1. The number of nitrogens with one attached hydrogen (secondary N) is 1. The first-order chi connectivity index (χ1) is 7.18. The van der Waals surface area contributed by atoms with Crippen LogP contribution in [0.25, 0.3) is 0 Å². The number of H-pyrrole nitrogens is 1. The number of rotatable bonds is 3. The lowest BCUT2D eigenvalue weighted by Gasteiger charge is -2.18. The van der Waals surface area contributed by atoms with Crippen LogP contribution in [-0.2, 0) is 6.42 Å². The van der Waals surface area contributed by atoms with Crippen LogP contribution in [0.4, 0.5) is 0 Å². The van der Waals surface area contributed by atoms with E-state index in [0.29, 0.717) is 11.6 Å². The van der Waals surface area contributed by atoms with E-state index in [2.05, 4.69) is 22.1 Å². The summed E-state index contributed by atoms with van der Waals surface area (Å²) in [5, 5.41) is 15.5. The number of aromatic amines is 1. The summed E-state index contributed by atoms with van der Waals surface area (Å²) >= 11 is 0. The van der Waals surface area contributed by atoms with E-state index in [0.717, 1.165) is 25.1 Å². The summed E-state index contributed by atoms with van der Waals surface area (Å²) in [5.74, 6) is -0.903. The standard InChI is InChI=1S/C10H15N3O2/c1-13-4-2-3-7(13)5-9-8(10(14)15)6-11-12-9/h6-7H,2-5H2,1H3,(H,11,12)(H,14,15). The molecule has 0 aromatic carbocycles. The molecular weight excluding hydrogens is 194 g/mol. The fraction of sp³-hybridized carbons (Fsp3) is 0.600. The highest BCUT2D eigenvalue weighted by atomic mass is 16.4. The lowest BCUT2D eigenvalue weighted by Crippen LogP contribution is -2.27. The molecule has 1 atom stereocenters. The maximum absolute atomic E-state index is 10.9. The Kier molecular flexibility index (Phi) is 2.73. The Labute approximate surface area is 88.1 Å². The van der Waals surface area contributed by atoms with E-state index in [9.17, 15) is 4.79 Å². The van der Waals surface area contributed by atoms with Crippen molar-refractivity contribution in [2.24, 2.45) is 0 Å². The highest BCUT2D eigenvalue weighted by molar-refractivity contribution is 5.88. The van der Waals surface area contributed by atoms with Crippen LogP contribution in [-0.4, -0.2) is 45.8 Å². The number of carboxylic acids is 1. The van der Waals surface area contributed by atoms with Crippen molar-refractivity contribution in [1.82, 2.24) is 15.1 Å². The Morgan fingerprint density at radius 2 is 2.60 bits per heavy atom. The van der Waals surface area contributed by atoms with E-state index in [-0.39, 0.29) is 0 Å². The van der Waals surface area contributed by atoms with Crippen molar-refractivity contribution >= 4 is 5.97 Å². The zero-order valence-electron chi connectivity index (χ0n) is 8.73. The number of hydrogen-bond donors (Lipinski definition) is 2. The monoisotopic (exact) mass is 209 g/mol. The molecule has 1 unspecified atom stereocenters. The second kappa shape index (κ2) is 4.02. The van der Waals surface area contributed by atoms with E-state index in [1.54, 1.807) is 0 Å². The molecule has 0 radical (unpaired) electrons. The van der Waals surface area contributed by atoms with E-state index in [1.165, 1.54) is 12.6 Å². The van der Waals surface area contributed by atoms with Gasteiger partial charge in [-0.3, -0.25) is 5.10 Å². The Hall–Kier alpha value is -1.36. The fourth-order valence-electron chi connectivity index (χ4n) is 2.13. The Balaban J connectivity index is 2.10. The van der Waals surface area contributed by atoms with Crippen molar-refractivity contribution in [1.29, 1.82) is 0 Å². The van der Waals surface area contributed by atoms with E-state index in [4.69, 9.17) is 5.11 Å². The molecule has 0 spiro atoms. The van der Waals surface area contributed by atoms with Gasteiger partial charge in [0.05, 0.1) is 11.9 Å². The summed E-state index contributed by atoms with van der Waals surface area (Å²) in [4.78, 5) is 13.1. The van der Waals surface area contributed by atoms with Crippen LogP contribution in [0, 0.1) is 0 Å². The van der Waals surface area contributed by atoms with Gasteiger partial charge in [0.25, 0.3) is 0 Å². The maximum Gasteiger partial charge on any atom is 0.339 e. The summed E-state index contributed by atoms with van der Waals surface area (Å²) in [7, 11) is 2.08. The minimum atomic E-state index is -0.903. The first-order valence-corrected chi connectivity index (χ1v) is 5.14. The molecule has 15 heavy (non-hydrogen) atoms. The number of likely N-dealkylation sites (tertiary alicyclic amines) is 1. The SMILES string of the molecule is CN1CCCC1Cc1[nH]ncc1C(=O)O. The minimum absolute atomic E-state index is 0.301. The van der Waals surface area contributed by atoms with Gasteiger partial charge in [0.2, 0.25) is 0 Å². The Morgan fingerprint density at radius 3 is 3.20 bits per heavy atom. The molecule has 0 amide bonds. The summed E-state index contributed by atoms with van der Waals surface area (Å²) in [6.07, 6.45) is 4.46. The third-order valence-corrected chi connectivity index (χ3v) is 3.06. The number of carboxylic acid groups (broad SMARTS) is 1. The lowest BCUT2D eigenvalue weighted by molar-refractivity contribution is 0.0695. The van der Waals surface area contributed by atoms with Crippen LogP contribution < -0.4 is 0 Å². The predicted molar refractivity (Wildman–Crippen MR) is 54.9 cm³/mol. The van der Waals surface area contributed by atoms with Gasteiger partial charge in [-0.1, -0.05) is 0 Å². The minimum Gasteiger partial charge on any atom is -0.478 e. The smallest absolute Gasteiger partial charge is 0.339 e. The van der Waals surface area contributed by atoms with Gasteiger partial charge in [0, 0.05) is 12.5 Å². The van der Waals surface area contributed by atoms with Crippen molar-refractivity contribution in [2.45, 2.75) is 25.3 Å². The van der Waals surface area contributed by atoms with Crippen molar-refractivity contribution in [3.05, 3.63) is 17.5 Å². The molecule has 2 N–H and O–H groups in total. The van der Waals surface area contributed by atoms with Crippen molar-refractivity contribution < 1.29 is 9.90 Å². The normalized spacial score (nSPS) is 22.1. The first kappa shape index (κ1) is 10.2. The molecule has 1 aliphatic rings. The molecule has 1 aromatic rings. The molecule has 0 aliphatic carbocycles. The van der Waals surface area contributed by atoms with Crippen LogP contribution in [0.3, 0.4) is 0 Å². The highest BCUT2D eigenvalue weighted by Gasteiger charge is 2.24. The van der Waals surface area contributed by atoms with Gasteiger partial charge in [-0.25, -0.2) is 4.79 Å². The largest absolute Gasteiger partial charge is 0.478 e. The molecule has 5 nitrogen and oxygen atoms in total. The molecule has 2 rings (SSSR count). The average Bonchev–Trinajstić information content (AvgIpc) is 2.77. The molecule has 5 heteroatoms. The third kappa shape index (κ3) is 2.02. The van der Waals surface area contributed by atoms with Gasteiger partial charge in [-0.2, -0.15) is 5.10 Å². The molecule has 1 saturated heterocycles. The van der Waals surface area contributed by atoms with E-state index >= 15 is 0 Å². The van der Waals surface area contributed by atoms with E-state index in [1.807, 2.05) is 0 Å². The predicted octanol–water partition coefficient (Wildman–Crippen LogP) is 0.745. The molecule has 0 saturated carbocycles. The number of likely N-dealkylation sites (N-methyl/N-ethyl adjacent to an activating group) is 1. The number of hydrogen-bond acceptors (Lipinski definition) is 3. The summed E-state index contributed by atoms with van der Waals surface area (Å²) in [6.45, 7) is 1.10. The number of nitrogens with zero attached hydrogens (tertiary/aromatic N) is 2. The molecular formula is C10H15N3O2. The molecule has 2 heterocycles.